The lowest BCUT2D eigenvalue weighted by molar-refractivity contribution is 0.197. The summed E-state index contributed by atoms with van der Waals surface area (Å²) < 4.78 is 20.1. The number of aromatic nitrogens is 2. The third kappa shape index (κ3) is 4.74. The van der Waals surface area contributed by atoms with E-state index in [1.807, 2.05) is 39.0 Å². The van der Waals surface area contributed by atoms with Gasteiger partial charge in [0.25, 0.3) is 5.95 Å². The number of ether oxygens (including phenoxy) is 1. The van der Waals surface area contributed by atoms with Gasteiger partial charge in [0.05, 0.1) is 5.69 Å². The smallest absolute Gasteiger partial charge is 0.256 e. The van der Waals surface area contributed by atoms with Gasteiger partial charge in [-0.15, -0.1) is 0 Å². The fourth-order valence-corrected chi connectivity index (χ4v) is 2.88. The molecule has 5 heteroatoms. The van der Waals surface area contributed by atoms with Crippen LogP contribution in [0.1, 0.15) is 38.4 Å². The Balaban J connectivity index is 2.21. The summed E-state index contributed by atoms with van der Waals surface area (Å²) in [7, 11) is 0. The molecule has 24 heavy (non-hydrogen) atoms. The van der Waals surface area contributed by atoms with Gasteiger partial charge in [-0.25, -0.2) is 4.98 Å². The second-order valence-corrected chi connectivity index (χ2v) is 7.17. The molecule has 2 N–H and O–H groups in total. The number of halogens is 1. The summed E-state index contributed by atoms with van der Waals surface area (Å²) in [6.45, 7) is 10.1. The van der Waals surface area contributed by atoms with Gasteiger partial charge in [0, 0.05) is 23.0 Å². The summed E-state index contributed by atoms with van der Waals surface area (Å²) in [5.41, 5.74) is 8.69. The highest BCUT2D eigenvalue weighted by Gasteiger charge is 2.23. The van der Waals surface area contributed by atoms with E-state index in [4.69, 9.17) is 10.5 Å². The van der Waals surface area contributed by atoms with E-state index in [2.05, 4.69) is 23.8 Å². The van der Waals surface area contributed by atoms with Crippen molar-refractivity contribution >= 4 is 0 Å². The fraction of sp³-hybridized carbons (Fsp3) is 0.474. The summed E-state index contributed by atoms with van der Waals surface area (Å²) in [5, 5.41) is 0. The molecule has 0 saturated heterocycles. The number of rotatable bonds is 6. The molecule has 1 atom stereocenters. The largest absolute Gasteiger partial charge is 0.487 e. The third-order valence-electron chi connectivity index (χ3n) is 3.73. The quantitative estimate of drug-likeness (QED) is 0.812. The van der Waals surface area contributed by atoms with Gasteiger partial charge in [0.2, 0.25) is 0 Å². The number of hydrogen-bond acceptors (Lipinski definition) is 4. The standard InChI is InChI=1S/C19H26FN3O/c1-12(2)10-19(5,21)11-24-17-13(3)8-16(23-18(17)20)15-6-7-22-14(4)9-15/h6-9,12H,10-11,21H2,1-5H3. The number of nitrogens with zero attached hydrogens (tertiary/aromatic N) is 2. The second-order valence-electron chi connectivity index (χ2n) is 7.17. The normalized spacial score (nSPS) is 13.8. The van der Waals surface area contributed by atoms with Crippen LogP contribution in [0.4, 0.5) is 4.39 Å². The lowest BCUT2D eigenvalue weighted by atomic mass is 9.93. The Kier molecular flexibility index (Phi) is 5.54. The molecule has 130 valence electrons. The molecule has 2 aromatic heterocycles. The van der Waals surface area contributed by atoms with Gasteiger partial charge in [-0.1, -0.05) is 13.8 Å². The maximum Gasteiger partial charge on any atom is 0.256 e. The molecule has 0 saturated carbocycles. The van der Waals surface area contributed by atoms with Crippen molar-refractivity contribution in [2.75, 3.05) is 6.61 Å². The van der Waals surface area contributed by atoms with E-state index in [0.717, 1.165) is 17.7 Å². The molecule has 4 nitrogen and oxygen atoms in total. The van der Waals surface area contributed by atoms with Gasteiger partial charge in [0.15, 0.2) is 5.75 Å². The molecule has 0 aliphatic carbocycles. The fourth-order valence-electron chi connectivity index (χ4n) is 2.88. The molecule has 0 radical (unpaired) electrons. The van der Waals surface area contributed by atoms with Crippen LogP contribution in [-0.4, -0.2) is 22.1 Å². The number of hydrogen-bond donors (Lipinski definition) is 1. The van der Waals surface area contributed by atoms with Crippen molar-refractivity contribution in [1.29, 1.82) is 0 Å². The van der Waals surface area contributed by atoms with Gasteiger partial charge >= 0.3 is 0 Å². The van der Waals surface area contributed by atoms with E-state index >= 15 is 0 Å². The summed E-state index contributed by atoms with van der Waals surface area (Å²) in [4.78, 5) is 8.19. The molecular weight excluding hydrogens is 305 g/mol. The highest BCUT2D eigenvalue weighted by molar-refractivity contribution is 5.61. The Morgan fingerprint density at radius 1 is 1.29 bits per heavy atom. The molecule has 0 amide bonds. The van der Waals surface area contributed by atoms with Crippen LogP contribution in [0.25, 0.3) is 11.3 Å². The van der Waals surface area contributed by atoms with Gasteiger partial charge < -0.3 is 10.5 Å². The van der Waals surface area contributed by atoms with Crippen molar-refractivity contribution in [3.8, 4) is 17.0 Å². The minimum Gasteiger partial charge on any atom is -0.487 e. The lowest BCUT2D eigenvalue weighted by Gasteiger charge is -2.27. The highest BCUT2D eigenvalue weighted by atomic mass is 19.1. The highest BCUT2D eigenvalue weighted by Crippen LogP contribution is 2.28. The lowest BCUT2D eigenvalue weighted by Crippen LogP contribution is -2.43. The topological polar surface area (TPSA) is 61.0 Å². The zero-order valence-corrected chi connectivity index (χ0v) is 15.1. The zero-order chi connectivity index (χ0) is 17.9. The second kappa shape index (κ2) is 7.26. The number of nitrogens with two attached hydrogens (primary N) is 1. The van der Waals surface area contributed by atoms with E-state index in [9.17, 15) is 4.39 Å². The molecule has 2 aromatic rings. The first-order chi connectivity index (χ1) is 11.2. The Morgan fingerprint density at radius 2 is 2.00 bits per heavy atom. The zero-order valence-electron chi connectivity index (χ0n) is 15.1. The summed E-state index contributed by atoms with van der Waals surface area (Å²) in [5.74, 6) is 0.00902. The Hall–Kier alpha value is -2.01. The predicted octanol–water partition coefficient (Wildman–Crippen LogP) is 4.04. The van der Waals surface area contributed by atoms with Gasteiger partial charge in [-0.05, 0) is 56.9 Å². The molecular formula is C19H26FN3O. The Labute approximate surface area is 143 Å². The predicted molar refractivity (Wildman–Crippen MR) is 94.4 cm³/mol. The summed E-state index contributed by atoms with van der Waals surface area (Å²) in [6, 6.07) is 5.51. The van der Waals surface area contributed by atoms with Crippen molar-refractivity contribution in [3.05, 3.63) is 41.6 Å². The first-order valence-electron chi connectivity index (χ1n) is 8.20. The Bertz CT molecular complexity index is 691. The van der Waals surface area contributed by atoms with Gasteiger partial charge in [-0.2, -0.15) is 4.39 Å². The van der Waals surface area contributed by atoms with Crippen molar-refractivity contribution in [3.63, 3.8) is 0 Å². The van der Waals surface area contributed by atoms with Crippen LogP contribution < -0.4 is 10.5 Å². The SMILES string of the molecule is Cc1cc(-c2cc(C)c(OCC(C)(N)CC(C)C)c(F)n2)ccn1. The van der Waals surface area contributed by atoms with Crippen LogP contribution in [0, 0.1) is 25.7 Å². The molecule has 0 aromatic carbocycles. The summed E-state index contributed by atoms with van der Waals surface area (Å²) >= 11 is 0. The first-order valence-corrected chi connectivity index (χ1v) is 8.20. The van der Waals surface area contributed by atoms with Gasteiger partial charge in [-0.3, -0.25) is 4.98 Å². The molecule has 2 rings (SSSR count). The van der Waals surface area contributed by atoms with E-state index in [1.165, 1.54) is 0 Å². The van der Waals surface area contributed by atoms with E-state index in [-0.39, 0.29) is 12.4 Å². The van der Waals surface area contributed by atoms with Crippen LogP contribution in [0.3, 0.4) is 0 Å². The molecule has 0 bridgehead atoms. The first kappa shape index (κ1) is 18.3. The van der Waals surface area contributed by atoms with E-state index in [1.54, 1.807) is 6.20 Å². The molecule has 0 spiro atoms. The van der Waals surface area contributed by atoms with Crippen LogP contribution in [-0.2, 0) is 0 Å². The average molecular weight is 331 g/mol. The van der Waals surface area contributed by atoms with Crippen LogP contribution in [0.15, 0.2) is 24.4 Å². The van der Waals surface area contributed by atoms with Crippen LogP contribution >= 0.6 is 0 Å². The molecule has 2 heterocycles. The van der Waals surface area contributed by atoms with Crippen molar-refractivity contribution in [2.24, 2.45) is 11.7 Å². The molecule has 0 aliphatic rings. The minimum absolute atomic E-state index is 0.171. The van der Waals surface area contributed by atoms with Crippen molar-refractivity contribution in [1.82, 2.24) is 9.97 Å². The molecule has 0 fully saturated rings. The summed E-state index contributed by atoms with van der Waals surface area (Å²) in [6.07, 6.45) is 2.49. The number of aryl methyl sites for hydroxylation is 2. The van der Waals surface area contributed by atoms with Gasteiger partial charge in [0.1, 0.15) is 6.61 Å². The van der Waals surface area contributed by atoms with Crippen LogP contribution in [0.5, 0.6) is 5.75 Å². The van der Waals surface area contributed by atoms with Crippen LogP contribution in [0.2, 0.25) is 0 Å². The van der Waals surface area contributed by atoms with E-state index < -0.39 is 11.5 Å². The maximum absolute atomic E-state index is 14.4. The third-order valence-corrected chi connectivity index (χ3v) is 3.73. The minimum atomic E-state index is -0.611. The van der Waals surface area contributed by atoms with Crippen molar-refractivity contribution < 1.29 is 9.13 Å². The molecule has 0 aliphatic heterocycles. The Morgan fingerprint density at radius 3 is 2.58 bits per heavy atom. The monoisotopic (exact) mass is 331 g/mol. The van der Waals surface area contributed by atoms with Crippen molar-refractivity contribution in [2.45, 2.75) is 46.6 Å². The van der Waals surface area contributed by atoms with E-state index in [0.29, 0.717) is 17.2 Å². The molecule has 1 unspecified atom stereocenters. The average Bonchev–Trinajstić information content (AvgIpc) is 2.44. The maximum atomic E-state index is 14.4. The number of pyridine rings is 2.